The number of rotatable bonds is 2. The van der Waals surface area contributed by atoms with Crippen molar-refractivity contribution in [1.82, 2.24) is 0 Å². The van der Waals surface area contributed by atoms with Crippen molar-refractivity contribution in [2.24, 2.45) is 11.1 Å². The number of nitrogens with two attached hydrogens (primary N) is 1. The molecule has 0 rings (SSSR count). The zero-order valence-electron chi connectivity index (χ0n) is 7.09. The lowest BCUT2D eigenvalue weighted by Crippen LogP contribution is -2.60. The lowest BCUT2D eigenvalue weighted by molar-refractivity contribution is -0.150. The molecule has 66 valence electrons. The van der Waals surface area contributed by atoms with Gasteiger partial charge in [-0.05, 0) is 5.41 Å². The van der Waals surface area contributed by atoms with E-state index < -0.39 is 23.5 Å². The summed E-state index contributed by atoms with van der Waals surface area (Å²) in [5.74, 6) is -1.17. The Hall–Kier alpha value is -0.610. The highest BCUT2D eigenvalue weighted by molar-refractivity contribution is 5.79. The van der Waals surface area contributed by atoms with Gasteiger partial charge in [0.15, 0.2) is 0 Å². The van der Waals surface area contributed by atoms with Gasteiger partial charge in [0.05, 0.1) is 6.61 Å². The maximum Gasteiger partial charge on any atom is 0.326 e. The largest absolute Gasteiger partial charge is 0.480 e. The summed E-state index contributed by atoms with van der Waals surface area (Å²) in [6.07, 6.45) is 0. The van der Waals surface area contributed by atoms with Gasteiger partial charge in [-0.3, -0.25) is 4.79 Å². The van der Waals surface area contributed by atoms with E-state index in [1.807, 2.05) is 0 Å². The quantitative estimate of drug-likeness (QED) is 0.524. The molecule has 1 unspecified atom stereocenters. The van der Waals surface area contributed by atoms with Gasteiger partial charge in [-0.1, -0.05) is 20.8 Å². The van der Waals surface area contributed by atoms with Crippen molar-refractivity contribution in [2.45, 2.75) is 26.3 Å². The Labute approximate surface area is 66.0 Å². The first kappa shape index (κ1) is 10.4. The lowest BCUT2D eigenvalue weighted by atomic mass is 9.75. The smallest absolute Gasteiger partial charge is 0.326 e. The molecule has 0 aliphatic carbocycles. The van der Waals surface area contributed by atoms with Gasteiger partial charge in [-0.15, -0.1) is 0 Å². The molecule has 0 saturated carbocycles. The summed E-state index contributed by atoms with van der Waals surface area (Å²) < 4.78 is 0. The molecule has 11 heavy (non-hydrogen) atoms. The third-order valence-corrected chi connectivity index (χ3v) is 1.97. The second-order valence-electron chi connectivity index (χ2n) is 3.68. The van der Waals surface area contributed by atoms with Crippen molar-refractivity contribution in [2.75, 3.05) is 6.61 Å². The molecule has 0 aliphatic rings. The molecule has 0 amide bonds. The molecule has 0 aromatic carbocycles. The minimum absolute atomic E-state index is 0.550. The van der Waals surface area contributed by atoms with Crippen LogP contribution in [-0.4, -0.2) is 28.3 Å². The lowest BCUT2D eigenvalue weighted by Gasteiger charge is -2.35. The van der Waals surface area contributed by atoms with E-state index in [-0.39, 0.29) is 0 Å². The molecular formula is C7H15NO3. The first-order chi connectivity index (χ1) is 4.75. The number of carboxylic acid groups (broad SMARTS) is 1. The summed E-state index contributed by atoms with van der Waals surface area (Å²) in [5.41, 5.74) is 3.27. The van der Waals surface area contributed by atoms with Crippen LogP contribution in [0.4, 0.5) is 0 Å². The number of aliphatic hydroxyl groups is 1. The molecule has 0 aromatic heterocycles. The number of hydrogen-bond donors (Lipinski definition) is 3. The Bertz CT molecular complexity index is 162. The molecule has 4 N–H and O–H groups in total. The predicted octanol–water partition coefficient (Wildman–Crippen LogP) is -0.193. The van der Waals surface area contributed by atoms with Gasteiger partial charge in [0, 0.05) is 0 Å². The standard InChI is InChI=1S/C7H15NO3/c1-6(2,3)7(8,4-9)5(10)11/h9H,4,8H2,1-3H3,(H,10,11). The molecule has 0 aromatic rings. The first-order valence-electron chi connectivity index (χ1n) is 3.39. The molecule has 0 spiro atoms. The SMILES string of the molecule is CC(C)(C)C(N)(CO)C(=O)O. The van der Waals surface area contributed by atoms with Crippen molar-refractivity contribution in [3.05, 3.63) is 0 Å². The van der Waals surface area contributed by atoms with Crippen LogP contribution in [0.3, 0.4) is 0 Å². The third-order valence-electron chi connectivity index (χ3n) is 1.97. The molecule has 0 bridgehead atoms. The highest BCUT2D eigenvalue weighted by atomic mass is 16.4. The van der Waals surface area contributed by atoms with Gasteiger partial charge in [0.25, 0.3) is 0 Å². The van der Waals surface area contributed by atoms with Crippen LogP contribution in [0.1, 0.15) is 20.8 Å². The molecule has 0 fully saturated rings. The Morgan fingerprint density at radius 1 is 1.45 bits per heavy atom. The van der Waals surface area contributed by atoms with E-state index in [2.05, 4.69) is 0 Å². The van der Waals surface area contributed by atoms with Crippen LogP contribution in [0.2, 0.25) is 0 Å². The highest BCUT2D eigenvalue weighted by Gasteiger charge is 2.44. The molecule has 4 nitrogen and oxygen atoms in total. The minimum atomic E-state index is -1.55. The third kappa shape index (κ3) is 1.70. The Kier molecular flexibility index (Phi) is 2.64. The average Bonchev–Trinajstić information content (AvgIpc) is 1.83. The fourth-order valence-electron chi connectivity index (χ4n) is 0.626. The Balaban J connectivity index is 4.75. The van der Waals surface area contributed by atoms with Crippen LogP contribution >= 0.6 is 0 Å². The van der Waals surface area contributed by atoms with E-state index in [0.29, 0.717) is 0 Å². The van der Waals surface area contributed by atoms with Crippen LogP contribution in [0.25, 0.3) is 0 Å². The normalized spacial score (nSPS) is 17.5. The number of carbonyl (C=O) groups is 1. The van der Waals surface area contributed by atoms with Gasteiger partial charge in [-0.2, -0.15) is 0 Å². The van der Waals surface area contributed by atoms with Crippen molar-refractivity contribution in [3.8, 4) is 0 Å². The van der Waals surface area contributed by atoms with Gasteiger partial charge < -0.3 is 15.9 Å². The van der Waals surface area contributed by atoms with Gasteiger partial charge in [0.2, 0.25) is 0 Å². The predicted molar refractivity (Wildman–Crippen MR) is 41.1 cm³/mol. The molecule has 0 saturated heterocycles. The molecule has 0 heterocycles. The van der Waals surface area contributed by atoms with Crippen molar-refractivity contribution in [1.29, 1.82) is 0 Å². The maximum atomic E-state index is 10.6. The second kappa shape index (κ2) is 2.79. The van der Waals surface area contributed by atoms with E-state index in [4.69, 9.17) is 15.9 Å². The summed E-state index contributed by atoms with van der Waals surface area (Å²) in [5, 5.41) is 17.5. The number of aliphatic hydroxyl groups excluding tert-OH is 1. The summed E-state index contributed by atoms with van der Waals surface area (Å²) in [4.78, 5) is 10.6. The Morgan fingerprint density at radius 2 is 1.82 bits per heavy atom. The fraction of sp³-hybridized carbons (Fsp3) is 0.857. The van der Waals surface area contributed by atoms with Crippen LogP contribution in [-0.2, 0) is 4.79 Å². The molecule has 0 radical (unpaired) electrons. The number of aliphatic carboxylic acids is 1. The van der Waals surface area contributed by atoms with Crippen LogP contribution in [0.5, 0.6) is 0 Å². The van der Waals surface area contributed by atoms with E-state index in [0.717, 1.165) is 0 Å². The number of hydrogen-bond acceptors (Lipinski definition) is 3. The van der Waals surface area contributed by atoms with Gasteiger partial charge in [-0.25, -0.2) is 0 Å². The summed E-state index contributed by atoms with van der Waals surface area (Å²) in [6.45, 7) is 4.48. The van der Waals surface area contributed by atoms with E-state index in [1.54, 1.807) is 20.8 Å². The zero-order valence-corrected chi connectivity index (χ0v) is 7.09. The van der Waals surface area contributed by atoms with Crippen LogP contribution in [0.15, 0.2) is 0 Å². The minimum Gasteiger partial charge on any atom is -0.480 e. The molecular weight excluding hydrogens is 146 g/mol. The maximum absolute atomic E-state index is 10.6. The molecule has 1 atom stereocenters. The molecule has 4 heteroatoms. The van der Waals surface area contributed by atoms with Crippen molar-refractivity contribution < 1.29 is 15.0 Å². The van der Waals surface area contributed by atoms with Gasteiger partial charge in [0.1, 0.15) is 5.54 Å². The summed E-state index contributed by atoms with van der Waals surface area (Å²) >= 11 is 0. The highest BCUT2D eigenvalue weighted by Crippen LogP contribution is 2.27. The summed E-state index contributed by atoms with van der Waals surface area (Å²) in [7, 11) is 0. The van der Waals surface area contributed by atoms with Crippen molar-refractivity contribution in [3.63, 3.8) is 0 Å². The van der Waals surface area contributed by atoms with Crippen molar-refractivity contribution >= 4 is 5.97 Å². The van der Waals surface area contributed by atoms with Crippen LogP contribution in [0, 0.1) is 5.41 Å². The molecule has 0 aliphatic heterocycles. The monoisotopic (exact) mass is 161 g/mol. The first-order valence-corrected chi connectivity index (χ1v) is 3.39. The number of carboxylic acids is 1. The van der Waals surface area contributed by atoms with E-state index >= 15 is 0 Å². The van der Waals surface area contributed by atoms with Gasteiger partial charge >= 0.3 is 5.97 Å². The summed E-state index contributed by atoms with van der Waals surface area (Å²) in [6, 6.07) is 0. The van der Waals surface area contributed by atoms with Crippen LogP contribution < -0.4 is 5.73 Å². The van der Waals surface area contributed by atoms with E-state index in [1.165, 1.54) is 0 Å². The fourth-order valence-corrected chi connectivity index (χ4v) is 0.626. The average molecular weight is 161 g/mol. The zero-order chi connectivity index (χ0) is 9.28. The Morgan fingerprint density at radius 3 is 1.82 bits per heavy atom. The van der Waals surface area contributed by atoms with E-state index in [9.17, 15) is 4.79 Å². The second-order valence-corrected chi connectivity index (χ2v) is 3.68. The topological polar surface area (TPSA) is 83.5 Å².